The Morgan fingerprint density at radius 2 is 1.88 bits per heavy atom. The van der Waals surface area contributed by atoms with Crippen molar-refractivity contribution < 1.29 is 14.0 Å². The van der Waals surface area contributed by atoms with Crippen molar-refractivity contribution in [3.8, 4) is 0 Å². The van der Waals surface area contributed by atoms with E-state index in [1.807, 2.05) is 9.80 Å². The van der Waals surface area contributed by atoms with E-state index in [2.05, 4.69) is 12.2 Å². The Labute approximate surface area is 148 Å². The molecule has 2 aliphatic heterocycles. The summed E-state index contributed by atoms with van der Waals surface area (Å²) in [5, 5.41) is 2.86. The first-order valence-electron chi connectivity index (χ1n) is 9.09. The topological polar surface area (TPSA) is 52.7 Å². The van der Waals surface area contributed by atoms with Crippen LogP contribution in [0.5, 0.6) is 0 Å². The first-order chi connectivity index (χ1) is 12.0. The monoisotopic (exact) mass is 347 g/mol. The molecular weight excluding hydrogens is 321 g/mol. The van der Waals surface area contributed by atoms with Gasteiger partial charge in [-0.15, -0.1) is 0 Å². The molecule has 5 nitrogen and oxygen atoms in total. The van der Waals surface area contributed by atoms with E-state index in [0.717, 1.165) is 31.5 Å². The van der Waals surface area contributed by atoms with Crippen molar-refractivity contribution in [3.05, 3.63) is 35.6 Å². The predicted molar refractivity (Wildman–Crippen MR) is 93.3 cm³/mol. The van der Waals surface area contributed by atoms with Crippen molar-refractivity contribution in [2.75, 3.05) is 32.7 Å². The molecule has 0 bridgehead atoms. The standard InChI is InChI=1S/C19H26FN3O2/c1-14-6-10-22(11-7-14)17(24)8-12-23-13-9-21-19(25)18(23)15-2-4-16(20)5-3-15/h2-5,14,18H,6-13H2,1H3,(H,21,25). The molecule has 0 saturated carbocycles. The van der Waals surface area contributed by atoms with E-state index in [4.69, 9.17) is 0 Å². The van der Waals surface area contributed by atoms with Crippen LogP contribution in [0.25, 0.3) is 0 Å². The molecule has 1 unspecified atom stereocenters. The summed E-state index contributed by atoms with van der Waals surface area (Å²) < 4.78 is 13.2. The number of benzene rings is 1. The van der Waals surface area contributed by atoms with Crippen LogP contribution in [0.4, 0.5) is 4.39 Å². The maximum Gasteiger partial charge on any atom is 0.242 e. The molecule has 2 saturated heterocycles. The van der Waals surface area contributed by atoms with Crippen LogP contribution in [-0.2, 0) is 9.59 Å². The minimum absolute atomic E-state index is 0.0860. The van der Waals surface area contributed by atoms with Gasteiger partial charge in [-0.05, 0) is 36.5 Å². The van der Waals surface area contributed by atoms with Gasteiger partial charge >= 0.3 is 0 Å². The van der Waals surface area contributed by atoms with Crippen molar-refractivity contribution in [1.29, 1.82) is 0 Å². The fourth-order valence-electron chi connectivity index (χ4n) is 3.62. The van der Waals surface area contributed by atoms with Crippen LogP contribution >= 0.6 is 0 Å². The third kappa shape index (κ3) is 4.37. The van der Waals surface area contributed by atoms with E-state index in [1.54, 1.807) is 12.1 Å². The predicted octanol–water partition coefficient (Wildman–Crippen LogP) is 1.95. The average molecular weight is 347 g/mol. The van der Waals surface area contributed by atoms with Crippen molar-refractivity contribution >= 4 is 11.8 Å². The van der Waals surface area contributed by atoms with Gasteiger partial charge in [0.25, 0.3) is 0 Å². The number of carbonyl (C=O) groups is 2. The van der Waals surface area contributed by atoms with Crippen LogP contribution in [0.1, 0.15) is 37.8 Å². The maximum absolute atomic E-state index is 13.2. The van der Waals surface area contributed by atoms with Crippen molar-refractivity contribution in [2.45, 2.75) is 32.2 Å². The average Bonchev–Trinajstić information content (AvgIpc) is 2.61. The Balaban J connectivity index is 1.62. The molecule has 1 atom stereocenters. The lowest BCUT2D eigenvalue weighted by molar-refractivity contribution is -0.135. The summed E-state index contributed by atoms with van der Waals surface area (Å²) in [7, 11) is 0. The quantitative estimate of drug-likeness (QED) is 0.906. The van der Waals surface area contributed by atoms with Crippen molar-refractivity contribution in [3.63, 3.8) is 0 Å². The molecule has 1 aromatic carbocycles. The molecule has 6 heteroatoms. The normalized spacial score (nSPS) is 22.7. The molecular formula is C19H26FN3O2. The van der Waals surface area contributed by atoms with Gasteiger partial charge in [-0.1, -0.05) is 19.1 Å². The number of piperazine rings is 1. The van der Waals surface area contributed by atoms with Crippen LogP contribution in [0.2, 0.25) is 0 Å². The van der Waals surface area contributed by atoms with Gasteiger partial charge < -0.3 is 10.2 Å². The fourth-order valence-corrected chi connectivity index (χ4v) is 3.62. The molecule has 3 rings (SSSR count). The van der Waals surface area contributed by atoms with E-state index in [1.165, 1.54) is 12.1 Å². The second kappa shape index (κ2) is 7.95. The second-order valence-electron chi connectivity index (χ2n) is 7.09. The largest absolute Gasteiger partial charge is 0.353 e. The first-order valence-corrected chi connectivity index (χ1v) is 9.09. The number of rotatable bonds is 4. The molecule has 2 amide bonds. The molecule has 1 N–H and O–H groups in total. The van der Waals surface area contributed by atoms with Crippen LogP contribution in [0, 0.1) is 11.7 Å². The molecule has 2 fully saturated rings. The Morgan fingerprint density at radius 3 is 2.56 bits per heavy atom. The summed E-state index contributed by atoms with van der Waals surface area (Å²) in [5.74, 6) is 0.451. The number of nitrogens with zero attached hydrogens (tertiary/aromatic N) is 2. The third-order valence-corrected chi connectivity index (χ3v) is 5.25. The Morgan fingerprint density at radius 1 is 1.20 bits per heavy atom. The lowest BCUT2D eigenvalue weighted by Gasteiger charge is -2.36. The second-order valence-corrected chi connectivity index (χ2v) is 7.09. The molecule has 0 aromatic heterocycles. The maximum atomic E-state index is 13.2. The van der Waals surface area contributed by atoms with Crippen molar-refractivity contribution in [2.24, 2.45) is 5.92 Å². The number of piperidine rings is 1. The number of likely N-dealkylation sites (tertiary alicyclic amines) is 1. The van der Waals surface area contributed by atoms with Gasteiger partial charge in [0.05, 0.1) is 0 Å². The van der Waals surface area contributed by atoms with Crippen LogP contribution < -0.4 is 5.32 Å². The minimum atomic E-state index is -0.455. The van der Waals surface area contributed by atoms with Crippen LogP contribution in [0.15, 0.2) is 24.3 Å². The van der Waals surface area contributed by atoms with Crippen molar-refractivity contribution in [1.82, 2.24) is 15.1 Å². The summed E-state index contributed by atoms with van der Waals surface area (Å²) in [5.41, 5.74) is 0.762. The van der Waals surface area contributed by atoms with E-state index in [9.17, 15) is 14.0 Å². The van der Waals surface area contributed by atoms with Crippen LogP contribution in [-0.4, -0.2) is 54.3 Å². The van der Waals surface area contributed by atoms with E-state index < -0.39 is 6.04 Å². The lowest BCUT2D eigenvalue weighted by Crippen LogP contribution is -2.51. The SMILES string of the molecule is CC1CCN(C(=O)CCN2CCNC(=O)C2c2ccc(F)cc2)CC1. The first kappa shape index (κ1) is 17.9. The zero-order chi connectivity index (χ0) is 17.8. The molecule has 0 radical (unpaired) electrons. The third-order valence-electron chi connectivity index (χ3n) is 5.25. The van der Waals surface area contributed by atoms with Gasteiger partial charge in [0.15, 0.2) is 0 Å². The highest BCUT2D eigenvalue weighted by atomic mass is 19.1. The Kier molecular flexibility index (Phi) is 5.68. The van der Waals surface area contributed by atoms with Gasteiger partial charge in [0.1, 0.15) is 11.9 Å². The Bertz CT molecular complexity index is 612. The highest BCUT2D eigenvalue weighted by Crippen LogP contribution is 2.24. The zero-order valence-corrected chi connectivity index (χ0v) is 14.7. The van der Waals surface area contributed by atoms with Crippen LogP contribution in [0.3, 0.4) is 0 Å². The summed E-state index contributed by atoms with van der Waals surface area (Å²) in [6, 6.07) is 5.58. The molecule has 2 aliphatic rings. The molecule has 0 spiro atoms. The van der Waals surface area contributed by atoms with Gasteiger partial charge in [-0.3, -0.25) is 14.5 Å². The Hall–Kier alpha value is -1.95. The minimum Gasteiger partial charge on any atom is -0.353 e. The molecule has 25 heavy (non-hydrogen) atoms. The summed E-state index contributed by atoms with van der Waals surface area (Å²) in [6.07, 6.45) is 2.55. The number of amides is 2. The number of carbonyl (C=O) groups excluding carboxylic acids is 2. The summed E-state index contributed by atoms with van der Waals surface area (Å²) in [6.45, 7) is 5.70. The highest BCUT2D eigenvalue weighted by Gasteiger charge is 2.31. The molecule has 0 aliphatic carbocycles. The highest BCUT2D eigenvalue weighted by molar-refractivity contribution is 5.84. The summed E-state index contributed by atoms with van der Waals surface area (Å²) >= 11 is 0. The van der Waals surface area contributed by atoms with Gasteiger partial charge in [0.2, 0.25) is 11.8 Å². The lowest BCUT2D eigenvalue weighted by atomic mass is 9.99. The molecule has 1 aromatic rings. The van der Waals surface area contributed by atoms with Gasteiger partial charge in [0, 0.05) is 39.1 Å². The molecule has 2 heterocycles. The number of nitrogens with one attached hydrogen (secondary N) is 1. The van der Waals surface area contributed by atoms with E-state index in [-0.39, 0.29) is 17.6 Å². The van der Waals surface area contributed by atoms with E-state index >= 15 is 0 Å². The van der Waals surface area contributed by atoms with E-state index in [0.29, 0.717) is 32.0 Å². The summed E-state index contributed by atoms with van der Waals surface area (Å²) in [4.78, 5) is 28.8. The molecule has 136 valence electrons. The number of hydrogen-bond acceptors (Lipinski definition) is 3. The smallest absolute Gasteiger partial charge is 0.242 e. The fraction of sp³-hybridized carbons (Fsp3) is 0.579. The van der Waals surface area contributed by atoms with Gasteiger partial charge in [-0.25, -0.2) is 4.39 Å². The number of halogens is 1. The zero-order valence-electron chi connectivity index (χ0n) is 14.7. The van der Waals surface area contributed by atoms with Gasteiger partial charge in [-0.2, -0.15) is 0 Å². The number of hydrogen-bond donors (Lipinski definition) is 1.